The molecule has 158 valence electrons. The van der Waals surface area contributed by atoms with Crippen molar-refractivity contribution in [1.82, 2.24) is 0 Å². The summed E-state index contributed by atoms with van der Waals surface area (Å²) in [6.45, 7) is 2.00. The first-order chi connectivity index (χ1) is 14.5. The number of ether oxygens (including phenoxy) is 3. The molecule has 0 aromatic heterocycles. The van der Waals surface area contributed by atoms with E-state index in [9.17, 15) is 13.2 Å². The zero-order valence-electron chi connectivity index (χ0n) is 16.3. The van der Waals surface area contributed by atoms with Crippen molar-refractivity contribution >= 4 is 27.3 Å². The van der Waals surface area contributed by atoms with Crippen molar-refractivity contribution in [3.8, 4) is 11.5 Å². The lowest BCUT2D eigenvalue weighted by molar-refractivity contribution is -0.127. The number of fused-ring (bicyclic) bond motifs is 2. The maximum atomic E-state index is 12.9. The first kappa shape index (κ1) is 19.2. The van der Waals surface area contributed by atoms with Gasteiger partial charge in [0.05, 0.1) is 10.6 Å². The predicted molar refractivity (Wildman–Crippen MR) is 110 cm³/mol. The van der Waals surface area contributed by atoms with Crippen LogP contribution in [0.25, 0.3) is 0 Å². The van der Waals surface area contributed by atoms with Gasteiger partial charge in [-0.3, -0.25) is 9.52 Å². The van der Waals surface area contributed by atoms with Gasteiger partial charge in [0.25, 0.3) is 15.9 Å². The van der Waals surface area contributed by atoms with E-state index in [-0.39, 0.29) is 10.8 Å². The van der Waals surface area contributed by atoms with E-state index in [1.165, 1.54) is 12.1 Å². The number of hydrogen-bond acceptors (Lipinski definition) is 6. The van der Waals surface area contributed by atoms with Gasteiger partial charge in [-0.15, -0.1) is 0 Å². The normalized spacial score (nSPS) is 20.1. The number of carbonyl (C=O) groups is 1. The number of rotatable bonds is 4. The monoisotopic (exact) mass is 430 g/mol. The van der Waals surface area contributed by atoms with Gasteiger partial charge >= 0.3 is 0 Å². The van der Waals surface area contributed by atoms with Gasteiger partial charge in [0.15, 0.2) is 11.5 Å². The summed E-state index contributed by atoms with van der Waals surface area (Å²) in [5.41, 5.74) is 2.15. The highest BCUT2D eigenvalue weighted by atomic mass is 32.2. The summed E-state index contributed by atoms with van der Waals surface area (Å²) in [5, 5.41) is 0. The quantitative estimate of drug-likeness (QED) is 0.800. The standard InChI is InChI=1S/C21H22N2O6S/c24-21(19-2-1-9-27-19)23-8-7-14-3-4-15(12-17(14)23)22-30(25,26)16-5-6-18-20(13-16)29-11-10-28-18/h3-6,12-13,19,22H,1-2,7-11H2/t19-/m1/s1. The van der Waals surface area contributed by atoms with Gasteiger partial charge in [0, 0.05) is 24.9 Å². The summed E-state index contributed by atoms with van der Waals surface area (Å²) < 4.78 is 44.9. The molecule has 1 atom stereocenters. The Labute approximate surface area is 174 Å². The molecular weight excluding hydrogens is 408 g/mol. The van der Waals surface area contributed by atoms with E-state index in [1.807, 2.05) is 6.07 Å². The summed E-state index contributed by atoms with van der Waals surface area (Å²) in [6, 6.07) is 9.82. The van der Waals surface area contributed by atoms with Crippen LogP contribution in [0.1, 0.15) is 18.4 Å². The molecule has 0 radical (unpaired) electrons. The van der Waals surface area contributed by atoms with Crippen LogP contribution in [0.15, 0.2) is 41.3 Å². The molecule has 1 saturated heterocycles. The van der Waals surface area contributed by atoms with Gasteiger partial charge in [-0.2, -0.15) is 0 Å². The molecule has 0 saturated carbocycles. The van der Waals surface area contributed by atoms with Gasteiger partial charge in [0.1, 0.15) is 19.3 Å². The fourth-order valence-electron chi connectivity index (χ4n) is 4.02. The number of nitrogens with zero attached hydrogens (tertiary/aromatic N) is 1. The second-order valence-electron chi connectivity index (χ2n) is 7.50. The molecule has 2 aromatic carbocycles. The van der Waals surface area contributed by atoms with Crippen LogP contribution in [0.3, 0.4) is 0 Å². The summed E-state index contributed by atoms with van der Waals surface area (Å²) in [7, 11) is -3.83. The van der Waals surface area contributed by atoms with Crippen molar-refractivity contribution < 1.29 is 27.4 Å². The second kappa shape index (κ2) is 7.48. The number of anilines is 2. The lowest BCUT2D eigenvalue weighted by atomic mass is 10.1. The van der Waals surface area contributed by atoms with Gasteiger partial charge in [0.2, 0.25) is 0 Å². The van der Waals surface area contributed by atoms with Crippen molar-refractivity contribution in [2.75, 3.05) is 36.0 Å². The van der Waals surface area contributed by atoms with E-state index in [0.717, 1.165) is 30.5 Å². The smallest absolute Gasteiger partial charge is 0.262 e. The van der Waals surface area contributed by atoms with Crippen LogP contribution >= 0.6 is 0 Å². The topological polar surface area (TPSA) is 94.2 Å². The number of benzene rings is 2. The highest BCUT2D eigenvalue weighted by Gasteiger charge is 2.33. The van der Waals surface area contributed by atoms with Gasteiger partial charge in [-0.05, 0) is 49.1 Å². The SMILES string of the molecule is O=C([C@H]1CCCO1)N1CCc2ccc(NS(=O)(=O)c3ccc4c(c3)OCCO4)cc21. The molecule has 30 heavy (non-hydrogen) atoms. The molecule has 1 fully saturated rings. The molecular formula is C21H22N2O6S. The van der Waals surface area contributed by atoms with Crippen LogP contribution in [-0.2, 0) is 26.0 Å². The van der Waals surface area contributed by atoms with Crippen molar-refractivity contribution in [3.05, 3.63) is 42.0 Å². The maximum absolute atomic E-state index is 12.9. The Balaban J connectivity index is 1.39. The summed E-state index contributed by atoms with van der Waals surface area (Å²) in [4.78, 5) is 14.6. The summed E-state index contributed by atoms with van der Waals surface area (Å²) >= 11 is 0. The zero-order valence-corrected chi connectivity index (χ0v) is 17.1. The van der Waals surface area contributed by atoms with Gasteiger partial charge in [-0.1, -0.05) is 6.07 Å². The minimum absolute atomic E-state index is 0.0573. The van der Waals surface area contributed by atoms with Crippen molar-refractivity contribution in [3.63, 3.8) is 0 Å². The molecule has 9 heteroatoms. The van der Waals surface area contributed by atoms with Gasteiger partial charge < -0.3 is 19.1 Å². The average molecular weight is 430 g/mol. The molecule has 5 rings (SSSR count). The number of hydrogen-bond donors (Lipinski definition) is 1. The Kier molecular flexibility index (Phi) is 4.79. The fraction of sp³-hybridized carbons (Fsp3) is 0.381. The molecule has 0 aliphatic carbocycles. The third-order valence-corrected chi connectivity index (χ3v) is 6.91. The number of sulfonamides is 1. The van der Waals surface area contributed by atoms with Crippen LogP contribution < -0.4 is 19.1 Å². The number of amides is 1. The van der Waals surface area contributed by atoms with Crippen molar-refractivity contribution in [1.29, 1.82) is 0 Å². The maximum Gasteiger partial charge on any atom is 0.262 e. The van der Waals surface area contributed by atoms with E-state index >= 15 is 0 Å². The van der Waals surface area contributed by atoms with Crippen LogP contribution in [0.5, 0.6) is 11.5 Å². The Morgan fingerprint density at radius 2 is 1.87 bits per heavy atom. The highest BCUT2D eigenvalue weighted by Crippen LogP contribution is 2.35. The predicted octanol–water partition coefficient (Wildman–Crippen LogP) is 2.33. The Morgan fingerprint density at radius 1 is 1.03 bits per heavy atom. The first-order valence-corrected chi connectivity index (χ1v) is 11.5. The molecule has 2 aromatic rings. The van der Waals surface area contributed by atoms with Crippen LogP contribution in [0.4, 0.5) is 11.4 Å². The van der Waals surface area contributed by atoms with Crippen LogP contribution in [0.2, 0.25) is 0 Å². The number of nitrogens with one attached hydrogen (secondary N) is 1. The second-order valence-corrected chi connectivity index (χ2v) is 9.18. The molecule has 0 unspecified atom stereocenters. The van der Waals surface area contributed by atoms with E-state index in [2.05, 4.69) is 4.72 Å². The Morgan fingerprint density at radius 3 is 2.67 bits per heavy atom. The molecule has 1 amide bonds. The largest absolute Gasteiger partial charge is 0.486 e. The number of carbonyl (C=O) groups excluding carboxylic acids is 1. The van der Waals surface area contributed by atoms with Gasteiger partial charge in [-0.25, -0.2) is 8.42 Å². The third kappa shape index (κ3) is 3.48. The molecule has 8 nitrogen and oxygen atoms in total. The third-order valence-electron chi connectivity index (χ3n) is 5.53. The minimum atomic E-state index is -3.83. The molecule has 3 heterocycles. The van der Waals surface area contributed by atoms with Crippen molar-refractivity contribution in [2.45, 2.75) is 30.3 Å². The average Bonchev–Trinajstić information content (AvgIpc) is 3.43. The first-order valence-electron chi connectivity index (χ1n) is 10.00. The van der Waals surface area contributed by atoms with Crippen LogP contribution in [-0.4, -0.2) is 46.8 Å². The Hall–Kier alpha value is -2.78. The lowest BCUT2D eigenvalue weighted by Gasteiger charge is -2.21. The molecule has 0 bridgehead atoms. The Bertz CT molecular complexity index is 1090. The zero-order chi connectivity index (χ0) is 20.7. The summed E-state index contributed by atoms with van der Waals surface area (Å²) in [5.74, 6) is 0.880. The van der Waals surface area contributed by atoms with Crippen LogP contribution in [0, 0.1) is 0 Å². The molecule has 3 aliphatic rings. The summed E-state index contributed by atoms with van der Waals surface area (Å²) in [6.07, 6.45) is 1.94. The fourth-order valence-corrected chi connectivity index (χ4v) is 5.09. The molecule has 3 aliphatic heterocycles. The highest BCUT2D eigenvalue weighted by molar-refractivity contribution is 7.92. The minimum Gasteiger partial charge on any atom is -0.486 e. The lowest BCUT2D eigenvalue weighted by Crippen LogP contribution is -2.37. The van der Waals surface area contributed by atoms with Crippen molar-refractivity contribution in [2.24, 2.45) is 0 Å². The van der Waals surface area contributed by atoms with E-state index in [1.54, 1.807) is 23.1 Å². The molecule has 1 N–H and O–H groups in total. The van der Waals surface area contributed by atoms with E-state index in [4.69, 9.17) is 14.2 Å². The van der Waals surface area contributed by atoms with E-state index in [0.29, 0.717) is 43.6 Å². The molecule has 0 spiro atoms. The van der Waals surface area contributed by atoms with E-state index < -0.39 is 16.1 Å².